The van der Waals surface area contributed by atoms with Crippen molar-refractivity contribution < 1.29 is 29.9 Å². The summed E-state index contributed by atoms with van der Waals surface area (Å²) in [6, 6.07) is 1.69. The zero-order chi connectivity index (χ0) is 9.30. The standard InChI is InChI=1S/C7H6O5.FH/c8-4-1-3(7(11)12)2-5(9)6(4)10;/h1-2,8-10H,(H,11,12);1H. The van der Waals surface area contributed by atoms with Gasteiger partial charge in [-0.2, -0.15) is 0 Å². The van der Waals surface area contributed by atoms with Crippen LogP contribution in [0.5, 0.6) is 17.2 Å². The van der Waals surface area contributed by atoms with Crippen molar-refractivity contribution in [2.45, 2.75) is 0 Å². The fourth-order valence-corrected chi connectivity index (χ4v) is 0.728. The summed E-state index contributed by atoms with van der Waals surface area (Å²) in [7, 11) is 0. The predicted octanol–water partition coefficient (Wildman–Crippen LogP) is 0.654. The number of halogens is 1. The van der Waals surface area contributed by atoms with E-state index in [1.54, 1.807) is 0 Å². The number of rotatable bonds is 1. The first-order valence-electron chi connectivity index (χ1n) is 3.00. The average molecular weight is 190 g/mol. The van der Waals surface area contributed by atoms with E-state index in [0.29, 0.717) is 0 Å². The number of hydrogen-bond donors (Lipinski definition) is 4. The largest absolute Gasteiger partial charge is 0.504 e. The molecule has 4 N–H and O–H groups in total. The lowest BCUT2D eigenvalue weighted by atomic mass is 10.2. The molecular weight excluding hydrogens is 183 g/mol. The molecule has 0 aromatic heterocycles. The van der Waals surface area contributed by atoms with E-state index in [0.717, 1.165) is 12.1 Å². The second-order valence-electron chi connectivity index (χ2n) is 2.17. The van der Waals surface area contributed by atoms with Gasteiger partial charge in [0, 0.05) is 0 Å². The van der Waals surface area contributed by atoms with Crippen molar-refractivity contribution in [1.29, 1.82) is 0 Å². The normalized spacial score (nSPS) is 8.92. The number of hydrogen-bond acceptors (Lipinski definition) is 4. The smallest absolute Gasteiger partial charge is 0.335 e. The van der Waals surface area contributed by atoms with Gasteiger partial charge in [-0.1, -0.05) is 0 Å². The van der Waals surface area contributed by atoms with Gasteiger partial charge in [0.05, 0.1) is 5.56 Å². The predicted molar refractivity (Wildman–Crippen MR) is 40.9 cm³/mol. The Labute approximate surface area is 71.9 Å². The summed E-state index contributed by atoms with van der Waals surface area (Å²) in [6.07, 6.45) is 0. The van der Waals surface area contributed by atoms with Crippen LogP contribution in [0.1, 0.15) is 10.4 Å². The lowest BCUT2D eigenvalue weighted by Crippen LogP contribution is -1.95. The summed E-state index contributed by atoms with van der Waals surface area (Å²) < 4.78 is 0. The molecule has 0 unspecified atom stereocenters. The zero-order valence-electron chi connectivity index (χ0n) is 6.26. The molecule has 5 nitrogen and oxygen atoms in total. The van der Waals surface area contributed by atoms with Crippen LogP contribution >= 0.6 is 0 Å². The summed E-state index contributed by atoms with van der Waals surface area (Å²) in [4.78, 5) is 10.3. The highest BCUT2D eigenvalue weighted by atomic mass is 19.0. The number of carboxylic acid groups (broad SMARTS) is 1. The van der Waals surface area contributed by atoms with Crippen LogP contribution in [0.3, 0.4) is 0 Å². The van der Waals surface area contributed by atoms with Crippen LogP contribution in [-0.2, 0) is 0 Å². The Morgan fingerprint density at radius 2 is 1.46 bits per heavy atom. The van der Waals surface area contributed by atoms with Crippen LogP contribution in [0, 0.1) is 0 Å². The third-order valence-electron chi connectivity index (χ3n) is 1.32. The fourth-order valence-electron chi connectivity index (χ4n) is 0.728. The molecule has 0 aliphatic carbocycles. The molecule has 1 aromatic rings. The minimum atomic E-state index is -1.29. The maximum Gasteiger partial charge on any atom is 0.335 e. The Kier molecular flexibility index (Phi) is 3.06. The third kappa shape index (κ3) is 1.98. The van der Waals surface area contributed by atoms with Gasteiger partial charge in [0.2, 0.25) is 0 Å². The molecule has 0 bridgehead atoms. The van der Waals surface area contributed by atoms with Gasteiger partial charge in [-0.05, 0) is 12.1 Å². The van der Waals surface area contributed by atoms with E-state index in [1.807, 2.05) is 0 Å². The second kappa shape index (κ2) is 3.61. The minimum absolute atomic E-state index is 0. The maximum atomic E-state index is 10.3. The van der Waals surface area contributed by atoms with Crippen molar-refractivity contribution in [2.24, 2.45) is 0 Å². The molecule has 0 spiro atoms. The quantitative estimate of drug-likeness (QED) is 0.487. The summed E-state index contributed by atoms with van der Waals surface area (Å²) in [5, 5.41) is 35.0. The molecule has 0 saturated heterocycles. The molecule has 13 heavy (non-hydrogen) atoms. The molecule has 0 fully saturated rings. The number of benzene rings is 1. The van der Waals surface area contributed by atoms with Crippen molar-refractivity contribution in [3.63, 3.8) is 0 Å². The topological polar surface area (TPSA) is 98.0 Å². The van der Waals surface area contributed by atoms with Gasteiger partial charge in [0.15, 0.2) is 17.2 Å². The zero-order valence-corrected chi connectivity index (χ0v) is 6.26. The first-order valence-corrected chi connectivity index (χ1v) is 3.00. The van der Waals surface area contributed by atoms with Crippen LogP contribution in [0.15, 0.2) is 12.1 Å². The Balaban J connectivity index is 0.00000144. The van der Waals surface area contributed by atoms with Gasteiger partial charge in [0.25, 0.3) is 0 Å². The highest BCUT2D eigenvalue weighted by molar-refractivity contribution is 5.89. The highest BCUT2D eigenvalue weighted by Gasteiger charge is 2.11. The van der Waals surface area contributed by atoms with E-state index < -0.39 is 23.2 Å². The molecular formula is C7H7FO5. The first-order chi connectivity index (χ1) is 5.52. The number of carbonyl (C=O) groups is 1. The van der Waals surface area contributed by atoms with Gasteiger partial charge in [-0.25, -0.2) is 4.79 Å². The Morgan fingerprint density at radius 1 is 1.08 bits per heavy atom. The minimum Gasteiger partial charge on any atom is -0.504 e. The number of aromatic carboxylic acids is 1. The summed E-state index contributed by atoms with van der Waals surface area (Å²) >= 11 is 0. The SMILES string of the molecule is F.O=C(O)c1cc(O)c(O)c(O)c1. The van der Waals surface area contributed by atoms with E-state index in [1.165, 1.54) is 0 Å². The summed E-state index contributed by atoms with van der Waals surface area (Å²) in [6.45, 7) is 0. The average Bonchev–Trinajstić information content (AvgIpc) is 1.99. The van der Waals surface area contributed by atoms with E-state index in [2.05, 4.69) is 0 Å². The Bertz CT molecular complexity index is 313. The van der Waals surface area contributed by atoms with Gasteiger partial charge in [0.1, 0.15) is 0 Å². The molecule has 0 saturated carbocycles. The Morgan fingerprint density at radius 3 is 1.77 bits per heavy atom. The third-order valence-corrected chi connectivity index (χ3v) is 1.32. The lowest BCUT2D eigenvalue weighted by Gasteiger charge is -2.01. The summed E-state index contributed by atoms with van der Waals surface area (Å²) in [5.74, 6) is -3.33. The van der Waals surface area contributed by atoms with Crippen LogP contribution in [0.4, 0.5) is 4.70 Å². The molecule has 0 heterocycles. The van der Waals surface area contributed by atoms with Crippen LogP contribution in [-0.4, -0.2) is 26.4 Å². The van der Waals surface area contributed by atoms with Crippen LogP contribution in [0.25, 0.3) is 0 Å². The van der Waals surface area contributed by atoms with E-state index >= 15 is 0 Å². The molecule has 0 aliphatic heterocycles. The van der Waals surface area contributed by atoms with Crippen molar-refractivity contribution in [3.05, 3.63) is 17.7 Å². The number of aromatic hydroxyl groups is 3. The molecule has 0 aliphatic rings. The van der Waals surface area contributed by atoms with Crippen LogP contribution < -0.4 is 0 Å². The van der Waals surface area contributed by atoms with Gasteiger partial charge in [-0.3, -0.25) is 4.70 Å². The van der Waals surface area contributed by atoms with Gasteiger partial charge in [-0.15, -0.1) is 0 Å². The fraction of sp³-hybridized carbons (Fsp3) is 0. The van der Waals surface area contributed by atoms with Gasteiger partial charge < -0.3 is 20.4 Å². The van der Waals surface area contributed by atoms with Crippen molar-refractivity contribution in [3.8, 4) is 17.2 Å². The Hall–Kier alpha value is -1.98. The molecule has 1 aromatic carbocycles. The number of phenols is 3. The van der Waals surface area contributed by atoms with E-state index in [-0.39, 0.29) is 10.3 Å². The number of carboxylic acids is 1. The van der Waals surface area contributed by atoms with E-state index in [9.17, 15) is 4.79 Å². The first kappa shape index (κ1) is 11.0. The monoisotopic (exact) mass is 190 g/mol. The second-order valence-corrected chi connectivity index (χ2v) is 2.17. The lowest BCUT2D eigenvalue weighted by molar-refractivity contribution is 0.0696. The maximum absolute atomic E-state index is 10.3. The molecule has 0 radical (unpaired) electrons. The molecule has 0 atom stereocenters. The van der Waals surface area contributed by atoms with Gasteiger partial charge >= 0.3 is 5.97 Å². The number of phenolic OH excluding ortho intramolecular Hbond substituents is 3. The molecule has 6 heteroatoms. The summed E-state index contributed by atoms with van der Waals surface area (Å²) in [5.41, 5.74) is -0.289. The van der Waals surface area contributed by atoms with Crippen molar-refractivity contribution in [1.82, 2.24) is 0 Å². The van der Waals surface area contributed by atoms with E-state index in [4.69, 9.17) is 20.4 Å². The molecule has 72 valence electrons. The van der Waals surface area contributed by atoms with Crippen LogP contribution in [0.2, 0.25) is 0 Å². The molecule has 0 amide bonds. The molecule has 1 rings (SSSR count). The highest BCUT2D eigenvalue weighted by Crippen LogP contribution is 2.35. The van der Waals surface area contributed by atoms with Crippen molar-refractivity contribution in [2.75, 3.05) is 0 Å². The van der Waals surface area contributed by atoms with Crippen molar-refractivity contribution >= 4 is 5.97 Å².